The van der Waals surface area contributed by atoms with Crippen LogP contribution in [-0.4, -0.2) is 19.7 Å². The van der Waals surface area contributed by atoms with Crippen molar-refractivity contribution in [2.75, 3.05) is 24.6 Å². The van der Waals surface area contributed by atoms with Crippen molar-refractivity contribution >= 4 is 21.6 Å². The fraction of sp³-hybridized carbons (Fsp3) is 0.538. The van der Waals surface area contributed by atoms with Gasteiger partial charge in [0.1, 0.15) is 6.61 Å². The Balaban J connectivity index is 2.18. The van der Waals surface area contributed by atoms with E-state index in [2.05, 4.69) is 27.8 Å². The molecule has 94 valence electrons. The van der Waals surface area contributed by atoms with E-state index in [1.54, 1.807) is 0 Å². The number of ether oxygens (including phenoxy) is 1. The molecule has 0 aliphatic carbocycles. The van der Waals surface area contributed by atoms with Gasteiger partial charge in [-0.2, -0.15) is 0 Å². The second-order valence-corrected chi connectivity index (χ2v) is 5.19. The van der Waals surface area contributed by atoms with Gasteiger partial charge in [0.2, 0.25) is 0 Å². The molecule has 0 spiro atoms. The zero-order valence-electron chi connectivity index (χ0n) is 10.0. The molecule has 1 aliphatic rings. The maximum Gasteiger partial charge on any atom is 0.178 e. The molecule has 0 N–H and O–H groups in total. The van der Waals surface area contributed by atoms with Gasteiger partial charge in [-0.15, -0.1) is 0 Å². The number of rotatable bonds is 4. The van der Waals surface area contributed by atoms with E-state index in [0.29, 0.717) is 12.4 Å². The molecule has 1 aliphatic heterocycles. The topological polar surface area (TPSA) is 12.5 Å². The molecule has 1 aromatic rings. The van der Waals surface area contributed by atoms with Crippen LogP contribution in [-0.2, 0) is 0 Å². The lowest BCUT2D eigenvalue weighted by Crippen LogP contribution is -2.33. The first-order valence-corrected chi connectivity index (χ1v) is 6.88. The molecule has 0 radical (unpaired) electrons. The Morgan fingerprint density at radius 2 is 2.24 bits per heavy atom. The third-order valence-corrected chi connectivity index (χ3v) is 3.43. The number of fused-ring (bicyclic) bond motifs is 1. The fourth-order valence-electron chi connectivity index (χ4n) is 2.09. The minimum Gasteiger partial charge on any atom is -0.486 e. The van der Waals surface area contributed by atoms with Crippen molar-refractivity contribution in [3.05, 3.63) is 22.4 Å². The van der Waals surface area contributed by atoms with Gasteiger partial charge in [0.15, 0.2) is 11.6 Å². The average molecular weight is 302 g/mol. The first kappa shape index (κ1) is 12.7. The quantitative estimate of drug-likeness (QED) is 0.780. The van der Waals surface area contributed by atoms with Crippen molar-refractivity contribution < 1.29 is 9.13 Å². The third-order valence-electron chi connectivity index (χ3n) is 2.97. The molecule has 1 aromatic carbocycles. The number of nitrogens with zero attached hydrogens (tertiary/aromatic N) is 1. The first-order chi connectivity index (χ1) is 8.22. The molecule has 0 saturated carbocycles. The van der Waals surface area contributed by atoms with Crippen LogP contribution in [0.15, 0.2) is 16.6 Å². The Morgan fingerprint density at radius 1 is 1.41 bits per heavy atom. The first-order valence-electron chi connectivity index (χ1n) is 6.09. The lowest BCUT2D eigenvalue weighted by atomic mass is 10.2. The van der Waals surface area contributed by atoms with Crippen LogP contribution >= 0.6 is 15.9 Å². The van der Waals surface area contributed by atoms with Crippen molar-refractivity contribution in [1.29, 1.82) is 0 Å². The van der Waals surface area contributed by atoms with Crippen molar-refractivity contribution in [3.63, 3.8) is 0 Å². The molecule has 0 unspecified atom stereocenters. The highest BCUT2D eigenvalue weighted by atomic mass is 79.9. The van der Waals surface area contributed by atoms with Crippen LogP contribution in [0.25, 0.3) is 0 Å². The largest absolute Gasteiger partial charge is 0.486 e. The summed E-state index contributed by atoms with van der Waals surface area (Å²) in [6, 6.07) is 3.39. The summed E-state index contributed by atoms with van der Waals surface area (Å²) in [7, 11) is 0. The maximum absolute atomic E-state index is 13.7. The summed E-state index contributed by atoms with van der Waals surface area (Å²) in [6.07, 6.45) is 3.55. The van der Waals surface area contributed by atoms with Crippen LogP contribution in [0.2, 0.25) is 0 Å². The second kappa shape index (κ2) is 5.71. The van der Waals surface area contributed by atoms with Crippen LogP contribution in [0, 0.1) is 5.82 Å². The molecule has 0 aromatic heterocycles. The summed E-state index contributed by atoms with van der Waals surface area (Å²) in [5.41, 5.74) is 0.874. The van der Waals surface area contributed by atoms with Gasteiger partial charge in [-0.1, -0.05) is 35.7 Å². The summed E-state index contributed by atoms with van der Waals surface area (Å²) in [5, 5.41) is 0. The Labute approximate surface area is 110 Å². The summed E-state index contributed by atoms with van der Waals surface area (Å²) < 4.78 is 19.9. The molecule has 2 nitrogen and oxygen atoms in total. The van der Waals surface area contributed by atoms with Gasteiger partial charge in [-0.3, -0.25) is 0 Å². The van der Waals surface area contributed by atoms with E-state index < -0.39 is 0 Å². The smallest absolute Gasteiger partial charge is 0.178 e. The Hall–Kier alpha value is -0.770. The monoisotopic (exact) mass is 301 g/mol. The van der Waals surface area contributed by atoms with Crippen LogP contribution < -0.4 is 9.64 Å². The third kappa shape index (κ3) is 2.92. The van der Waals surface area contributed by atoms with E-state index >= 15 is 0 Å². The molecular formula is C13H17BrFNO. The van der Waals surface area contributed by atoms with Crippen molar-refractivity contribution in [1.82, 2.24) is 0 Å². The summed E-state index contributed by atoms with van der Waals surface area (Å²) in [6.45, 7) is 4.56. The van der Waals surface area contributed by atoms with Gasteiger partial charge in [0.25, 0.3) is 0 Å². The normalized spacial score (nSPS) is 14.4. The standard InChI is InChI=1S/C13H17BrFNO/c1-2-3-4-5-16-6-7-17-13-11(15)8-10(14)9-12(13)16/h8-9H,2-7H2,1H3. The predicted molar refractivity (Wildman–Crippen MR) is 71.3 cm³/mol. The number of benzene rings is 1. The van der Waals surface area contributed by atoms with Crippen LogP contribution in [0.5, 0.6) is 5.75 Å². The molecule has 17 heavy (non-hydrogen) atoms. The number of hydrogen-bond donors (Lipinski definition) is 0. The number of unbranched alkanes of at least 4 members (excludes halogenated alkanes) is 2. The van der Waals surface area contributed by atoms with E-state index in [1.165, 1.54) is 18.9 Å². The van der Waals surface area contributed by atoms with Crippen molar-refractivity contribution in [3.8, 4) is 5.75 Å². The molecule has 1 heterocycles. The van der Waals surface area contributed by atoms with E-state index in [9.17, 15) is 4.39 Å². The maximum atomic E-state index is 13.7. The lowest BCUT2D eigenvalue weighted by Gasteiger charge is -2.31. The van der Waals surface area contributed by atoms with Crippen molar-refractivity contribution in [2.24, 2.45) is 0 Å². The minimum absolute atomic E-state index is 0.283. The Morgan fingerprint density at radius 3 is 3.00 bits per heavy atom. The number of hydrogen-bond acceptors (Lipinski definition) is 2. The van der Waals surface area contributed by atoms with E-state index in [-0.39, 0.29) is 5.82 Å². The molecule has 0 amide bonds. The predicted octanol–water partition coefficient (Wildman–Crippen LogP) is 3.98. The van der Waals surface area contributed by atoms with E-state index in [0.717, 1.165) is 29.7 Å². The lowest BCUT2D eigenvalue weighted by molar-refractivity contribution is 0.291. The summed E-state index contributed by atoms with van der Waals surface area (Å²) in [5.74, 6) is 0.116. The van der Waals surface area contributed by atoms with Crippen LogP contribution in [0.1, 0.15) is 26.2 Å². The second-order valence-electron chi connectivity index (χ2n) is 4.28. The molecule has 0 fully saturated rings. The van der Waals surface area contributed by atoms with Gasteiger partial charge in [-0.25, -0.2) is 4.39 Å². The van der Waals surface area contributed by atoms with Gasteiger partial charge in [-0.05, 0) is 18.6 Å². The van der Waals surface area contributed by atoms with E-state index in [1.807, 2.05) is 6.07 Å². The molecule has 0 saturated heterocycles. The summed E-state index contributed by atoms with van der Waals surface area (Å²) >= 11 is 3.33. The molecule has 0 bridgehead atoms. The summed E-state index contributed by atoms with van der Waals surface area (Å²) in [4.78, 5) is 2.21. The molecule has 2 rings (SSSR count). The van der Waals surface area contributed by atoms with Gasteiger partial charge in [0, 0.05) is 11.0 Å². The van der Waals surface area contributed by atoms with Gasteiger partial charge in [0.05, 0.1) is 12.2 Å². The molecule has 0 atom stereocenters. The highest BCUT2D eigenvalue weighted by molar-refractivity contribution is 9.10. The zero-order valence-corrected chi connectivity index (χ0v) is 11.6. The van der Waals surface area contributed by atoms with Gasteiger partial charge >= 0.3 is 0 Å². The SMILES string of the molecule is CCCCCN1CCOc2c(F)cc(Br)cc21. The number of anilines is 1. The van der Waals surface area contributed by atoms with Crippen molar-refractivity contribution in [2.45, 2.75) is 26.2 Å². The highest BCUT2D eigenvalue weighted by Gasteiger charge is 2.21. The zero-order chi connectivity index (χ0) is 12.3. The molecular weight excluding hydrogens is 285 g/mol. The average Bonchev–Trinajstić information content (AvgIpc) is 2.30. The van der Waals surface area contributed by atoms with Gasteiger partial charge < -0.3 is 9.64 Å². The fourth-order valence-corrected chi connectivity index (χ4v) is 2.51. The highest BCUT2D eigenvalue weighted by Crippen LogP contribution is 2.36. The molecule has 4 heteroatoms. The Kier molecular flexibility index (Phi) is 4.26. The van der Waals surface area contributed by atoms with Crippen LogP contribution in [0.4, 0.5) is 10.1 Å². The number of halogens is 2. The minimum atomic E-state index is -0.283. The van der Waals surface area contributed by atoms with E-state index in [4.69, 9.17) is 4.74 Å². The Bertz CT molecular complexity index is 397. The van der Waals surface area contributed by atoms with Crippen LogP contribution in [0.3, 0.4) is 0 Å².